The average Bonchev–Trinajstić information content (AvgIpc) is 2.70. The standard InChI is InChI=1S/C19H24N2O7/c1-2-26-19(25)13-7-9-21(10-8-13)16(22)11-28-17(23)12-27-15-6-4-3-5-14(15)18(20)24/h3-6,13H,2,7-12H2,1H3,(H2,20,24). The third-order valence-electron chi connectivity index (χ3n) is 4.32. The molecule has 1 aromatic rings. The van der Waals surface area contributed by atoms with E-state index in [4.69, 9.17) is 19.9 Å². The van der Waals surface area contributed by atoms with Gasteiger partial charge in [0, 0.05) is 13.1 Å². The molecule has 152 valence electrons. The molecule has 0 bridgehead atoms. The molecule has 1 aliphatic heterocycles. The second-order valence-corrected chi connectivity index (χ2v) is 6.22. The quantitative estimate of drug-likeness (QED) is 0.639. The highest BCUT2D eigenvalue weighted by Gasteiger charge is 2.28. The van der Waals surface area contributed by atoms with E-state index in [0.717, 1.165) is 0 Å². The molecule has 0 atom stereocenters. The normalized spacial score (nSPS) is 14.2. The number of benzene rings is 1. The molecule has 9 heteroatoms. The summed E-state index contributed by atoms with van der Waals surface area (Å²) in [5.74, 6) is -2.04. The molecular weight excluding hydrogens is 368 g/mol. The van der Waals surface area contributed by atoms with Crippen LogP contribution in [0.2, 0.25) is 0 Å². The molecule has 1 heterocycles. The maximum atomic E-state index is 12.2. The Morgan fingerprint density at radius 1 is 1.07 bits per heavy atom. The molecular formula is C19H24N2O7. The number of carbonyl (C=O) groups is 4. The van der Waals surface area contributed by atoms with E-state index in [9.17, 15) is 19.2 Å². The smallest absolute Gasteiger partial charge is 0.344 e. The fourth-order valence-corrected chi connectivity index (χ4v) is 2.83. The lowest BCUT2D eigenvalue weighted by atomic mass is 9.97. The Kier molecular flexibility index (Phi) is 7.79. The molecule has 0 saturated carbocycles. The zero-order valence-corrected chi connectivity index (χ0v) is 15.7. The van der Waals surface area contributed by atoms with Crippen molar-refractivity contribution >= 4 is 23.8 Å². The van der Waals surface area contributed by atoms with Gasteiger partial charge in [0.25, 0.3) is 11.8 Å². The van der Waals surface area contributed by atoms with Gasteiger partial charge in [-0.3, -0.25) is 14.4 Å². The third-order valence-corrected chi connectivity index (χ3v) is 4.32. The summed E-state index contributed by atoms with van der Waals surface area (Å²) in [6.45, 7) is 2.03. The van der Waals surface area contributed by atoms with Crippen molar-refractivity contribution < 1.29 is 33.4 Å². The number of primary amides is 1. The van der Waals surface area contributed by atoms with Gasteiger partial charge in [0.15, 0.2) is 13.2 Å². The van der Waals surface area contributed by atoms with E-state index in [1.807, 2.05) is 0 Å². The summed E-state index contributed by atoms with van der Waals surface area (Å²) in [7, 11) is 0. The van der Waals surface area contributed by atoms with Crippen LogP contribution in [0.25, 0.3) is 0 Å². The number of hydrogen-bond donors (Lipinski definition) is 1. The highest BCUT2D eigenvalue weighted by Crippen LogP contribution is 2.19. The summed E-state index contributed by atoms with van der Waals surface area (Å²) in [4.78, 5) is 48.5. The van der Waals surface area contributed by atoms with E-state index >= 15 is 0 Å². The Labute approximate surface area is 162 Å². The highest BCUT2D eigenvalue weighted by molar-refractivity contribution is 5.95. The number of nitrogens with zero attached hydrogens (tertiary/aromatic N) is 1. The monoisotopic (exact) mass is 392 g/mol. The van der Waals surface area contributed by atoms with Gasteiger partial charge in [-0.05, 0) is 31.9 Å². The fraction of sp³-hybridized carbons (Fsp3) is 0.474. The van der Waals surface area contributed by atoms with Crippen LogP contribution in [0.4, 0.5) is 0 Å². The van der Waals surface area contributed by atoms with Crippen LogP contribution in [0.3, 0.4) is 0 Å². The van der Waals surface area contributed by atoms with Crippen molar-refractivity contribution in [3.8, 4) is 5.75 Å². The maximum Gasteiger partial charge on any atom is 0.344 e. The van der Waals surface area contributed by atoms with E-state index in [1.165, 1.54) is 12.1 Å². The number of amides is 2. The van der Waals surface area contributed by atoms with Crippen LogP contribution in [-0.2, 0) is 23.9 Å². The van der Waals surface area contributed by atoms with Gasteiger partial charge in [0.1, 0.15) is 5.75 Å². The lowest BCUT2D eigenvalue weighted by Crippen LogP contribution is -2.42. The van der Waals surface area contributed by atoms with Crippen molar-refractivity contribution in [2.75, 3.05) is 32.9 Å². The number of esters is 2. The number of hydrogen-bond acceptors (Lipinski definition) is 7. The largest absolute Gasteiger partial charge is 0.481 e. The summed E-state index contributed by atoms with van der Waals surface area (Å²) in [5, 5.41) is 0. The number of nitrogens with two attached hydrogens (primary N) is 1. The molecule has 0 unspecified atom stereocenters. The van der Waals surface area contributed by atoms with Crippen molar-refractivity contribution in [2.24, 2.45) is 11.7 Å². The Morgan fingerprint density at radius 2 is 1.75 bits per heavy atom. The predicted octanol–water partition coefficient (Wildman–Crippen LogP) is 0.509. The van der Waals surface area contributed by atoms with Crippen LogP contribution >= 0.6 is 0 Å². The third kappa shape index (κ3) is 5.97. The van der Waals surface area contributed by atoms with Gasteiger partial charge in [-0.2, -0.15) is 0 Å². The van der Waals surface area contributed by atoms with Crippen LogP contribution in [0.1, 0.15) is 30.1 Å². The molecule has 0 aliphatic carbocycles. The summed E-state index contributed by atoms with van der Waals surface area (Å²) in [5.41, 5.74) is 5.38. The number of carbonyl (C=O) groups excluding carboxylic acids is 4. The number of likely N-dealkylation sites (tertiary alicyclic amines) is 1. The van der Waals surface area contributed by atoms with E-state index in [0.29, 0.717) is 32.5 Å². The second-order valence-electron chi connectivity index (χ2n) is 6.22. The Bertz CT molecular complexity index is 727. The van der Waals surface area contributed by atoms with Crippen LogP contribution in [-0.4, -0.2) is 61.6 Å². The van der Waals surface area contributed by atoms with E-state index < -0.39 is 25.1 Å². The summed E-state index contributed by atoms with van der Waals surface area (Å²) < 4.78 is 15.2. The molecule has 2 rings (SSSR count). The van der Waals surface area contributed by atoms with Crippen molar-refractivity contribution in [2.45, 2.75) is 19.8 Å². The molecule has 0 aromatic heterocycles. The van der Waals surface area contributed by atoms with Crippen LogP contribution in [0.15, 0.2) is 24.3 Å². The predicted molar refractivity (Wildman–Crippen MR) is 97.4 cm³/mol. The number of ether oxygens (including phenoxy) is 3. The van der Waals surface area contributed by atoms with E-state index in [2.05, 4.69) is 0 Å². The van der Waals surface area contributed by atoms with E-state index in [-0.39, 0.29) is 29.1 Å². The zero-order valence-electron chi connectivity index (χ0n) is 15.7. The number of para-hydroxylation sites is 1. The first-order valence-corrected chi connectivity index (χ1v) is 9.04. The molecule has 0 spiro atoms. The van der Waals surface area contributed by atoms with Gasteiger partial charge < -0.3 is 24.8 Å². The maximum absolute atomic E-state index is 12.2. The molecule has 1 fully saturated rings. The van der Waals surface area contributed by atoms with Gasteiger partial charge in [-0.25, -0.2) is 4.79 Å². The van der Waals surface area contributed by atoms with Crippen LogP contribution in [0, 0.1) is 5.92 Å². The summed E-state index contributed by atoms with van der Waals surface area (Å²) in [6.07, 6.45) is 1.04. The molecule has 0 radical (unpaired) electrons. The lowest BCUT2D eigenvalue weighted by molar-refractivity contribution is -0.155. The molecule has 1 aromatic carbocycles. The molecule has 1 aliphatic rings. The minimum atomic E-state index is -0.742. The zero-order chi connectivity index (χ0) is 20.5. The summed E-state index contributed by atoms with van der Waals surface area (Å²) >= 11 is 0. The minimum absolute atomic E-state index is 0.149. The lowest BCUT2D eigenvalue weighted by Gasteiger charge is -2.30. The number of piperidine rings is 1. The van der Waals surface area contributed by atoms with Crippen molar-refractivity contribution in [1.82, 2.24) is 4.90 Å². The van der Waals surface area contributed by atoms with Crippen LogP contribution < -0.4 is 10.5 Å². The Balaban J connectivity index is 1.72. The first kappa shape index (κ1) is 21.2. The van der Waals surface area contributed by atoms with Crippen molar-refractivity contribution in [3.05, 3.63) is 29.8 Å². The van der Waals surface area contributed by atoms with Crippen LogP contribution in [0.5, 0.6) is 5.75 Å². The van der Waals surface area contributed by atoms with Gasteiger partial charge in [0.05, 0.1) is 18.1 Å². The Morgan fingerprint density at radius 3 is 2.39 bits per heavy atom. The second kappa shape index (κ2) is 10.3. The minimum Gasteiger partial charge on any atom is -0.481 e. The Hall–Kier alpha value is -3.10. The van der Waals surface area contributed by atoms with Gasteiger partial charge in [0.2, 0.25) is 0 Å². The average molecular weight is 392 g/mol. The highest BCUT2D eigenvalue weighted by atomic mass is 16.6. The van der Waals surface area contributed by atoms with E-state index in [1.54, 1.807) is 24.0 Å². The van der Waals surface area contributed by atoms with Gasteiger partial charge in [-0.1, -0.05) is 12.1 Å². The topological polar surface area (TPSA) is 125 Å². The molecule has 1 saturated heterocycles. The van der Waals surface area contributed by atoms with Crippen molar-refractivity contribution in [3.63, 3.8) is 0 Å². The first-order chi connectivity index (χ1) is 13.4. The SMILES string of the molecule is CCOC(=O)C1CCN(C(=O)COC(=O)COc2ccccc2C(N)=O)CC1. The first-order valence-electron chi connectivity index (χ1n) is 9.04. The molecule has 28 heavy (non-hydrogen) atoms. The summed E-state index contributed by atoms with van der Waals surface area (Å²) in [6, 6.07) is 6.24. The van der Waals surface area contributed by atoms with Gasteiger partial charge in [-0.15, -0.1) is 0 Å². The fourth-order valence-electron chi connectivity index (χ4n) is 2.83. The molecule has 2 N–H and O–H groups in total. The molecule has 2 amide bonds. The molecule has 9 nitrogen and oxygen atoms in total. The van der Waals surface area contributed by atoms with Gasteiger partial charge >= 0.3 is 11.9 Å². The number of rotatable bonds is 8. The van der Waals surface area contributed by atoms with Crippen molar-refractivity contribution in [1.29, 1.82) is 0 Å².